The number of halogens is 2. The van der Waals surface area contributed by atoms with Crippen LogP contribution in [0, 0.1) is 11.6 Å². The van der Waals surface area contributed by atoms with Crippen molar-refractivity contribution in [3.05, 3.63) is 66.3 Å². The zero-order valence-electron chi connectivity index (χ0n) is 17.7. The van der Waals surface area contributed by atoms with Gasteiger partial charge in [-0.1, -0.05) is 0 Å². The summed E-state index contributed by atoms with van der Waals surface area (Å²) in [6, 6.07) is 7.39. The second-order valence-corrected chi connectivity index (χ2v) is 7.96. The van der Waals surface area contributed by atoms with E-state index >= 15 is 0 Å². The van der Waals surface area contributed by atoms with Crippen molar-refractivity contribution in [3.63, 3.8) is 0 Å². The molecule has 0 spiro atoms. The molecule has 5 heterocycles. The van der Waals surface area contributed by atoms with Gasteiger partial charge in [0.2, 0.25) is 11.8 Å². The molecular weight excluding hydrogens is 428 g/mol. The van der Waals surface area contributed by atoms with Crippen LogP contribution >= 0.6 is 0 Å². The van der Waals surface area contributed by atoms with E-state index in [0.29, 0.717) is 17.1 Å². The van der Waals surface area contributed by atoms with Gasteiger partial charge in [0.15, 0.2) is 5.65 Å². The van der Waals surface area contributed by atoms with Gasteiger partial charge in [0.25, 0.3) is 0 Å². The van der Waals surface area contributed by atoms with Crippen molar-refractivity contribution < 1.29 is 13.5 Å². The van der Waals surface area contributed by atoms with E-state index in [1.165, 1.54) is 18.5 Å². The van der Waals surface area contributed by atoms with Crippen molar-refractivity contribution in [2.24, 2.45) is 0 Å². The van der Waals surface area contributed by atoms with Gasteiger partial charge in [0, 0.05) is 25.4 Å². The number of hydrogen-bond donors (Lipinski definition) is 0. The van der Waals surface area contributed by atoms with Gasteiger partial charge in [-0.05, 0) is 36.2 Å². The van der Waals surface area contributed by atoms with Crippen LogP contribution in [0.3, 0.4) is 0 Å². The first-order chi connectivity index (χ1) is 16.1. The standard InChI is InChI=1S/C23H19F2N7O/c1-33-22-20-18(27-13-28-22)3-6-31(20)17-10-19-21(26-11-17)29-23(30-4-2-5-30)32(19)12-14-7-15(24)9-16(25)8-14/h3,6-11,13H,2,4-5,12H2,1H3. The molecule has 0 atom stereocenters. The molecule has 33 heavy (non-hydrogen) atoms. The van der Waals surface area contributed by atoms with Crippen molar-refractivity contribution in [2.75, 3.05) is 25.1 Å². The molecule has 0 radical (unpaired) electrons. The Bertz CT molecular complexity index is 1490. The van der Waals surface area contributed by atoms with Gasteiger partial charge in [-0.3, -0.25) is 0 Å². The predicted octanol–water partition coefficient (Wildman–Crippen LogP) is 3.71. The maximum atomic E-state index is 13.9. The summed E-state index contributed by atoms with van der Waals surface area (Å²) in [5.74, 6) is -0.0201. The second-order valence-electron chi connectivity index (χ2n) is 7.96. The SMILES string of the molecule is COc1ncnc2ccn(-c3cnc4nc(N5CCC5)n(Cc5cc(F)cc(F)c5)c4c3)c12. The summed E-state index contributed by atoms with van der Waals surface area (Å²) in [5.41, 5.74) is 4.08. The Morgan fingerprint density at radius 1 is 1.03 bits per heavy atom. The van der Waals surface area contributed by atoms with Crippen molar-refractivity contribution in [1.82, 2.24) is 29.1 Å². The highest BCUT2D eigenvalue weighted by atomic mass is 19.1. The molecule has 1 saturated heterocycles. The summed E-state index contributed by atoms with van der Waals surface area (Å²) in [7, 11) is 1.56. The average molecular weight is 447 g/mol. The van der Waals surface area contributed by atoms with Crippen LogP contribution in [0.15, 0.2) is 49.1 Å². The van der Waals surface area contributed by atoms with E-state index < -0.39 is 11.6 Å². The van der Waals surface area contributed by atoms with Crippen LogP contribution < -0.4 is 9.64 Å². The fraction of sp³-hybridized carbons (Fsp3) is 0.217. The quantitative estimate of drug-likeness (QED) is 0.409. The first-order valence-corrected chi connectivity index (χ1v) is 10.5. The minimum Gasteiger partial charge on any atom is -0.479 e. The number of hydrogen-bond acceptors (Lipinski definition) is 6. The van der Waals surface area contributed by atoms with Crippen LogP contribution in [0.4, 0.5) is 14.7 Å². The van der Waals surface area contributed by atoms with Crippen molar-refractivity contribution in [1.29, 1.82) is 0 Å². The van der Waals surface area contributed by atoms with E-state index in [0.717, 1.165) is 53.8 Å². The molecule has 0 bridgehead atoms. The number of pyridine rings is 1. The van der Waals surface area contributed by atoms with E-state index in [4.69, 9.17) is 9.72 Å². The Balaban J connectivity index is 1.52. The number of benzene rings is 1. The van der Waals surface area contributed by atoms with Gasteiger partial charge in [-0.25, -0.2) is 18.7 Å². The van der Waals surface area contributed by atoms with Crippen LogP contribution in [0.25, 0.3) is 27.9 Å². The van der Waals surface area contributed by atoms with Crippen LogP contribution in [0.1, 0.15) is 12.0 Å². The van der Waals surface area contributed by atoms with E-state index in [1.54, 1.807) is 13.3 Å². The summed E-state index contributed by atoms with van der Waals surface area (Å²) in [5, 5.41) is 0. The van der Waals surface area contributed by atoms with E-state index in [9.17, 15) is 8.78 Å². The van der Waals surface area contributed by atoms with Crippen LogP contribution in [0.2, 0.25) is 0 Å². The van der Waals surface area contributed by atoms with Gasteiger partial charge in [-0.2, -0.15) is 9.97 Å². The molecule has 0 unspecified atom stereocenters. The third kappa shape index (κ3) is 3.25. The van der Waals surface area contributed by atoms with Crippen LogP contribution in [0.5, 0.6) is 5.88 Å². The molecule has 0 saturated carbocycles. The maximum absolute atomic E-state index is 13.9. The monoisotopic (exact) mass is 447 g/mol. The first kappa shape index (κ1) is 19.6. The summed E-state index contributed by atoms with van der Waals surface area (Å²) in [4.78, 5) is 20.0. The van der Waals surface area contributed by atoms with Crippen molar-refractivity contribution in [3.8, 4) is 11.6 Å². The summed E-state index contributed by atoms with van der Waals surface area (Å²) >= 11 is 0. The van der Waals surface area contributed by atoms with Gasteiger partial charge >= 0.3 is 0 Å². The normalized spacial score (nSPS) is 13.6. The molecule has 4 aromatic heterocycles. The second kappa shape index (κ2) is 7.51. The van der Waals surface area contributed by atoms with E-state index in [2.05, 4.69) is 19.9 Å². The topological polar surface area (TPSA) is 73.9 Å². The lowest BCUT2D eigenvalue weighted by molar-refractivity contribution is 0.401. The minimum absolute atomic E-state index is 0.265. The lowest BCUT2D eigenvalue weighted by Gasteiger charge is -2.32. The number of ether oxygens (including phenoxy) is 1. The first-order valence-electron chi connectivity index (χ1n) is 10.5. The molecule has 5 aromatic rings. The minimum atomic E-state index is -0.607. The summed E-state index contributed by atoms with van der Waals surface area (Å²) in [6.07, 6.45) is 6.14. The molecule has 8 nitrogen and oxygen atoms in total. The zero-order chi connectivity index (χ0) is 22.5. The molecule has 0 aliphatic carbocycles. The third-order valence-corrected chi connectivity index (χ3v) is 5.88. The molecular formula is C23H19F2N7O. The lowest BCUT2D eigenvalue weighted by atomic mass is 10.2. The zero-order valence-corrected chi connectivity index (χ0v) is 17.7. The largest absolute Gasteiger partial charge is 0.479 e. The molecule has 10 heteroatoms. The van der Waals surface area contributed by atoms with Gasteiger partial charge in [0.1, 0.15) is 23.5 Å². The summed E-state index contributed by atoms with van der Waals surface area (Å²) in [6.45, 7) is 2.02. The number of fused-ring (bicyclic) bond motifs is 2. The Labute approximate surface area is 187 Å². The predicted molar refractivity (Wildman–Crippen MR) is 119 cm³/mol. The number of rotatable bonds is 5. The van der Waals surface area contributed by atoms with Crippen molar-refractivity contribution in [2.45, 2.75) is 13.0 Å². The molecule has 6 rings (SSSR count). The Kier molecular flexibility index (Phi) is 4.46. The Morgan fingerprint density at radius 2 is 1.85 bits per heavy atom. The van der Waals surface area contributed by atoms with Crippen molar-refractivity contribution >= 4 is 28.1 Å². The molecule has 1 aliphatic rings. The highest BCUT2D eigenvalue weighted by molar-refractivity contribution is 5.84. The van der Waals surface area contributed by atoms with Gasteiger partial charge in [0.05, 0.1) is 36.6 Å². The Hall–Kier alpha value is -4.08. The van der Waals surface area contributed by atoms with Gasteiger partial charge < -0.3 is 18.8 Å². The number of imidazole rings is 1. The molecule has 1 aliphatic heterocycles. The molecule has 0 amide bonds. The summed E-state index contributed by atoms with van der Waals surface area (Å²) < 4.78 is 37.0. The molecule has 0 N–H and O–H groups in total. The molecule has 1 fully saturated rings. The van der Waals surface area contributed by atoms with Gasteiger partial charge in [-0.15, -0.1) is 0 Å². The molecule has 1 aromatic carbocycles. The lowest BCUT2D eigenvalue weighted by Crippen LogP contribution is -2.39. The maximum Gasteiger partial charge on any atom is 0.241 e. The van der Waals surface area contributed by atoms with E-state index in [1.807, 2.05) is 27.5 Å². The Morgan fingerprint density at radius 3 is 2.58 bits per heavy atom. The average Bonchev–Trinajstić information content (AvgIpc) is 3.33. The van der Waals surface area contributed by atoms with E-state index in [-0.39, 0.29) is 6.54 Å². The fourth-order valence-electron chi connectivity index (χ4n) is 4.22. The fourth-order valence-corrected chi connectivity index (χ4v) is 4.22. The van der Waals surface area contributed by atoms with Crippen LogP contribution in [-0.2, 0) is 6.54 Å². The smallest absolute Gasteiger partial charge is 0.241 e. The number of nitrogens with zero attached hydrogens (tertiary/aromatic N) is 7. The number of anilines is 1. The number of aromatic nitrogens is 6. The highest BCUT2D eigenvalue weighted by Gasteiger charge is 2.23. The van der Waals surface area contributed by atoms with Crippen LogP contribution in [-0.4, -0.2) is 49.3 Å². The number of methoxy groups -OCH3 is 1. The third-order valence-electron chi connectivity index (χ3n) is 5.88. The molecule has 166 valence electrons. The highest BCUT2D eigenvalue weighted by Crippen LogP contribution is 2.30.